The fraction of sp³-hybridized carbons (Fsp3) is 0.158. The van der Waals surface area contributed by atoms with Gasteiger partial charge >= 0.3 is 0 Å². The molecule has 0 aliphatic rings. The summed E-state index contributed by atoms with van der Waals surface area (Å²) in [5, 5.41) is 18.9. The van der Waals surface area contributed by atoms with Crippen molar-refractivity contribution >= 4 is 21.8 Å². The Hall–Kier alpha value is -6.96. The molecule has 0 fully saturated rings. The highest BCUT2D eigenvalue weighted by Crippen LogP contribution is 2.23. The van der Waals surface area contributed by atoms with Crippen LogP contribution >= 0.6 is 0 Å². The second-order valence-corrected chi connectivity index (χ2v) is 12.0. The Bertz CT molecular complexity index is 2440. The van der Waals surface area contributed by atoms with E-state index in [1.165, 1.54) is 12.1 Å². The Morgan fingerprint density at radius 2 is 1.04 bits per heavy atom. The van der Waals surface area contributed by atoms with E-state index in [-0.39, 0.29) is 34.8 Å². The largest absolute Gasteiger partial charge is 0.466 e. The van der Waals surface area contributed by atoms with E-state index in [0.29, 0.717) is 0 Å². The van der Waals surface area contributed by atoms with E-state index in [4.69, 9.17) is 9.47 Å². The third kappa shape index (κ3) is 7.45. The summed E-state index contributed by atoms with van der Waals surface area (Å²) in [6.07, 6.45) is 13.0. The molecule has 0 spiro atoms. The van der Waals surface area contributed by atoms with Gasteiger partial charge in [0.15, 0.2) is 0 Å². The smallest absolute Gasteiger partial charge is 0.280 e. The van der Waals surface area contributed by atoms with Gasteiger partial charge in [0.2, 0.25) is 10.9 Å². The van der Waals surface area contributed by atoms with Crippen LogP contribution in [0.5, 0.6) is 11.8 Å². The van der Waals surface area contributed by atoms with Gasteiger partial charge in [-0.3, -0.25) is 28.9 Å². The van der Waals surface area contributed by atoms with Crippen molar-refractivity contribution in [3.63, 3.8) is 0 Å². The first-order chi connectivity index (χ1) is 25.2. The molecule has 2 atom stereocenters. The summed E-state index contributed by atoms with van der Waals surface area (Å²) in [6.45, 7) is 3.78. The minimum Gasteiger partial charge on any atom is -0.466 e. The van der Waals surface area contributed by atoms with Crippen LogP contribution in [0.2, 0.25) is 0 Å². The maximum Gasteiger partial charge on any atom is 0.280 e. The molecule has 0 saturated carbocycles. The molecule has 6 heterocycles. The Morgan fingerprint density at radius 1 is 0.596 bits per heavy atom. The molecule has 14 nitrogen and oxygen atoms in total. The Morgan fingerprint density at radius 3 is 1.44 bits per heavy atom. The standard InChI is InChI=1S/2C19H17N5O2/c2*1-13(14-5-6-17-15(10-14)4-3-8-20-17)26-19-18(25)7-9-24(22-19)16-11-21-23(2)12-16/h2*3-13H,1-2H3. The van der Waals surface area contributed by atoms with Gasteiger partial charge < -0.3 is 9.47 Å². The lowest BCUT2D eigenvalue weighted by molar-refractivity contribution is 0.211. The Kier molecular flexibility index (Phi) is 9.34. The first kappa shape index (κ1) is 33.5. The first-order valence-corrected chi connectivity index (χ1v) is 16.4. The van der Waals surface area contributed by atoms with Crippen LogP contribution < -0.4 is 20.3 Å². The van der Waals surface area contributed by atoms with E-state index in [1.807, 2.05) is 88.6 Å². The lowest BCUT2D eigenvalue weighted by atomic mass is 10.1. The summed E-state index contributed by atoms with van der Waals surface area (Å²) >= 11 is 0. The SMILES string of the molecule is CC(Oc1nn(-c2cnn(C)c2)ccc1=O)c1ccc2ncccc2c1.CC(Oc1nn(-c2cnn(C)c2)ccc1=O)c1ccc2ncccc2c1. The topological polar surface area (TPSA) is 150 Å². The molecule has 0 aliphatic carbocycles. The highest BCUT2D eigenvalue weighted by Gasteiger charge is 2.15. The molecule has 0 aliphatic heterocycles. The van der Waals surface area contributed by atoms with Crippen molar-refractivity contribution in [2.24, 2.45) is 14.1 Å². The molecule has 6 aromatic heterocycles. The third-order valence-corrected chi connectivity index (χ3v) is 8.23. The van der Waals surface area contributed by atoms with E-state index in [1.54, 1.807) is 68.3 Å². The second-order valence-electron chi connectivity index (χ2n) is 12.0. The summed E-state index contributed by atoms with van der Waals surface area (Å²) in [5.41, 5.74) is 4.70. The number of rotatable bonds is 8. The second kappa shape index (κ2) is 14.5. The number of aromatic nitrogens is 10. The van der Waals surface area contributed by atoms with Crippen LogP contribution in [0.25, 0.3) is 33.2 Å². The molecule has 14 heteroatoms. The molecule has 0 amide bonds. The van der Waals surface area contributed by atoms with Crippen molar-refractivity contribution < 1.29 is 9.47 Å². The molecule has 0 radical (unpaired) electrons. The fourth-order valence-electron chi connectivity index (χ4n) is 5.45. The average Bonchev–Trinajstić information content (AvgIpc) is 3.81. The summed E-state index contributed by atoms with van der Waals surface area (Å²) in [7, 11) is 3.64. The number of aryl methyl sites for hydroxylation is 2. The van der Waals surface area contributed by atoms with Gasteiger partial charge in [0.1, 0.15) is 23.6 Å². The molecule has 8 rings (SSSR count). The van der Waals surface area contributed by atoms with Crippen molar-refractivity contribution in [3.05, 3.63) is 154 Å². The molecule has 8 aromatic rings. The molecule has 260 valence electrons. The van der Waals surface area contributed by atoms with Crippen molar-refractivity contribution in [2.75, 3.05) is 0 Å². The Balaban J connectivity index is 0.000000162. The van der Waals surface area contributed by atoms with E-state index < -0.39 is 0 Å². The molecule has 0 bridgehead atoms. The zero-order valence-electron chi connectivity index (χ0n) is 28.8. The monoisotopic (exact) mass is 694 g/mol. The number of ether oxygens (including phenoxy) is 2. The molecular weight excluding hydrogens is 660 g/mol. The summed E-state index contributed by atoms with van der Waals surface area (Å²) in [6, 6.07) is 22.4. The minimum absolute atomic E-state index is 0.0511. The summed E-state index contributed by atoms with van der Waals surface area (Å²) in [4.78, 5) is 32.9. The molecule has 2 unspecified atom stereocenters. The molecule has 52 heavy (non-hydrogen) atoms. The van der Waals surface area contributed by atoms with Crippen molar-refractivity contribution in [1.82, 2.24) is 49.1 Å². The van der Waals surface area contributed by atoms with Gasteiger partial charge in [-0.2, -0.15) is 10.2 Å². The van der Waals surface area contributed by atoms with Crippen LogP contribution in [0.4, 0.5) is 0 Å². The summed E-state index contributed by atoms with van der Waals surface area (Å²) in [5.74, 6) is 0.102. The summed E-state index contributed by atoms with van der Waals surface area (Å²) < 4.78 is 18.2. The lowest BCUT2D eigenvalue weighted by Crippen LogP contribution is -2.16. The third-order valence-electron chi connectivity index (χ3n) is 8.23. The van der Waals surface area contributed by atoms with Gasteiger partial charge in [0.25, 0.3) is 11.8 Å². The van der Waals surface area contributed by atoms with Crippen LogP contribution in [0.3, 0.4) is 0 Å². The first-order valence-electron chi connectivity index (χ1n) is 16.4. The number of nitrogens with zero attached hydrogens (tertiary/aromatic N) is 10. The predicted molar refractivity (Wildman–Crippen MR) is 195 cm³/mol. The highest BCUT2D eigenvalue weighted by atomic mass is 16.5. The average molecular weight is 695 g/mol. The minimum atomic E-state index is -0.329. The number of hydrogen-bond acceptors (Lipinski definition) is 10. The van der Waals surface area contributed by atoms with Gasteiger partial charge in [-0.1, -0.05) is 24.3 Å². The van der Waals surface area contributed by atoms with Crippen LogP contribution in [0, 0.1) is 0 Å². The normalized spacial score (nSPS) is 12.2. The van der Waals surface area contributed by atoms with Crippen molar-refractivity contribution in [3.8, 4) is 23.1 Å². The van der Waals surface area contributed by atoms with Crippen LogP contribution in [-0.4, -0.2) is 49.1 Å². The van der Waals surface area contributed by atoms with Crippen molar-refractivity contribution in [1.29, 1.82) is 0 Å². The Labute approximate surface area is 297 Å². The lowest BCUT2D eigenvalue weighted by Gasteiger charge is -2.15. The zero-order valence-corrected chi connectivity index (χ0v) is 28.8. The van der Waals surface area contributed by atoms with E-state index in [9.17, 15) is 9.59 Å². The van der Waals surface area contributed by atoms with Gasteiger partial charge in [-0.25, -0.2) is 9.36 Å². The maximum atomic E-state index is 12.2. The van der Waals surface area contributed by atoms with E-state index in [2.05, 4.69) is 30.4 Å². The van der Waals surface area contributed by atoms with E-state index >= 15 is 0 Å². The number of benzene rings is 2. The molecule has 2 aromatic carbocycles. The van der Waals surface area contributed by atoms with Gasteiger partial charge in [-0.15, -0.1) is 10.2 Å². The molecular formula is C38H34N10O4. The molecule has 0 saturated heterocycles. The number of fused-ring (bicyclic) bond motifs is 2. The molecule has 0 N–H and O–H groups in total. The van der Waals surface area contributed by atoms with Gasteiger partial charge in [0.05, 0.1) is 35.8 Å². The highest BCUT2D eigenvalue weighted by molar-refractivity contribution is 5.79. The fourth-order valence-corrected chi connectivity index (χ4v) is 5.45. The maximum absolute atomic E-state index is 12.2. The quantitative estimate of drug-likeness (QED) is 0.205. The van der Waals surface area contributed by atoms with E-state index in [0.717, 1.165) is 44.3 Å². The zero-order chi connectivity index (χ0) is 36.2. The van der Waals surface area contributed by atoms with Crippen molar-refractivity contribution in [2.45, 2.75) is 26.1 Å². The number of hydrogen-bond donors (Lipinski definition) is 0. The van der Waals surface area contributed by atoms with Crippen LogP contribution in [0.1, 0.15) is 37.2 Å². The van der Waals surface area contributed by atoms with Crippen LogP contribution in [0.15, 0.2) is 132 Å². The van der Waals surface area contributed by atoms with Crippen LogP contribution in [-0.2, 0) is 14.1 Å². The number of pyridine rings is 2. The predicted octanol–water partition coefficient (Wildman–Crippen LogP) is 5.31. The van der Waals surface area contributed by atoms with Gasteiger partial charge in [0, 0.05) is 61.8 Å². The van der Waals surface area contributed by atoms with Gasteiger partial charge in [-0.05, 0) is 61.4 Å².